The Morgan fingerprint density at radius 1 is 0.974 bits per heavy atom. The molecule has 1 aromatic heterocycles. The molecule has 5 rings (SSSR count). The molecule has 4 N–H and O–H groups in total. The zero-order chi connectivity index (χ0) is 27.1. The molecular formula is C27H33IN6O4. The highest BCUT2D eigenvalue weighted by Gasteiger charge is 2.26. The normalized spacial score (nSPS) is 18.6. The lowest BCUT2D eigenvalue weighted by atomic mass is 10.0. The highest BCUT2D eigenvalue weighted by Crippen LogP contribution is 2.39. The van der Waals surface area contributed by atoms with Gasteiger partial charge in [-0.3, -0.25) is 9.79 Å². The molecule has 0 unspecified atom stereocenters. The number of aliphatic imine (C=N–C) groups is 1. The van der Waals surface area contributed by atoms with E-state index in [9.17, 15) is 20.1 Å². The molecule has 2 aliphatic rings. The molecule has 0 aliphatic carbocycles. The fraction of sp³-hybridized carbons (Fsp3) is 0.481. The predicted octanol–water partition coefficient (Wildman–Crippen LogP) is 3.15. The first-order chi connectivity index (χ1) is 18.1. The van der Waals surface area contributed by atoms with Gasteiger partial charge in [0.05, 0.1) is 17.2 Å². The van der Waals surface area contributed by atoms with Crippen molar-refractivity contribution in [3.05, 3.63) is 26.3 Å². The van der Waals surface area contributed by atoms with Crippen molar-refractivity contribution < 1.29 is 20.1 Å². The van der Waals surface area contributed by atoms with Gasteiger partial charge < -0.3 is 30.4 Å². The molecule has 2 saturated heterocycles. The second kappa shape index (κ2) is 10.8. The van der Waals surface area contributed by atoms with Crippen LogP contribution in [0.25, 0.3) is 22.1 Å². The number of aromatic hydroxyl groups is 3. The van der Waals surface area contributed by atoms with Crippen molar-refractivity contribution in [2.75, 3.05) is 40.3 Å². The van der Waals surface area contributed by atoms with Crippen LogP contribution < -0.4 is 5.32 Å². The van der Waals surface area contributed by atoms with Crippen molar-refractivity contribution in [2.24, 2.45) is 4.99 Å². The molecule has 11 heteroatoms. The highest BCUT2D eigenvalue weighted by molar-refractivity contribution is 14.1. The van der Waals surface area contributed by atoms with Crippen molar-refractivity contribution in [3.63, 3.8) is 0 Å². The Bertz CT molecular complexity index is 1430. The van der Waals surface area contributed by atoms with Gasteiger partial charge in [-0.15, -0.1) is 0 Å². The number of amides is 1. The molecule has 202 valence electrons. The minimum absolute atomic E-state index is 0.0433. The van der Waals surface area contributed by atoms with E-state index in [4.69, 9.17) is 4.99 Å². The molecule has 2 fully saturated rings. The Balaban J connectivity index is 1.61. The Morgan fingerprint density at radius 2 is 1.58 bits per heavy atom. The molecule has 1 amide bonds. The number of carbonyl (C=O) groups is 1. The van der Waals surface area contributed by atoms with Gasteiger partial charge in [0, 0.05) is 21.4 Å². The molecule has 3 aromatic rings. The van der Waals surface area contributed by atoms with Gasteiger partial charge in [0.2, 0.25) is 0 Å². The second-order valence-corrected chi connectivity index (χ2v) is 11.6. The summed E-state index contributed by atoms with van der Waals surface area (Å²) in [4.78, 5) is 31.9. The topological polar surface area (TPSA) is 134 Å². The Labute approximate surface area is 234 Å². The summed E-state index contributed by atoms with van der Waals surface area (Å²) < 4.78 is 0.533. The Hall–Kier alpha value is -2.77. The van der Waals surface area contributed by atoms with Gasteiger partial charge in [-0.2, -0.15) is 0 Å². The standard InChI is InChI=1S/C27H33IN6O4/c1-14-25(36)17(13-29-15-4-8-33(2)9-5-15)21-24(26(14)37)32-23-20(18(28)12-19(35)22(23)31-21)27(38)30-16-6-10-34(3)11-7-16/h12-13,15-16,35-37H,4-11H2,1-3H3,(H,30,38). The number of aromatic nitrogens is 2. The van der Waals surface area contributed by atoms with Crippen molar-refractivity contribution in [1.29, 1.82) is 0 Å². The van der Waals surface area contributed by atoms with Crippen molar-refractivity contribution in [3.8, 4) is 17.2 Å². The summed E-state index contributed by atoms with van der Waals surface area (Å²) in [6.45, 7) is 5.30. The SMILES string of the molecule is Cc1c(O)c(C=NC2CCN(C)CC2)c2nc3c(O)cc(I)c(C(=O)NC4CCN(C)CC4)c3nc2c1O. The lowest BCUT2D eigenvalue weighted by molar-refractivity contribution is 0.0917. The number of fused-ring (bicyclic) bond motifs is 2. The first-order valence-corrected chi connectivity index (χ1v) is 14.0. The van der Waals surface area contributed by atoms with Crippen LogP contribution >= 0.6 is 22.6 Å². The minimum atomic E-state index is -0.290. The first-order valence-electron chi connectivity index (χ1n) is 12.9. The molecule has 0 spiro atoms. The summed E-state index contributed by atoms with van der Waals surface area (Å²) in [6, 6.07) is 1.66. The van der Waals surface area contributed by atoms with E-state index in [0.717, 1.165) is 51.9 Å². The number of phenolic OH excluding ortho intramolecular Hbond substituents is 3. The first kappa shape index (κ1) is 26.8. The number of phenols is 3. The molecule has 0 radical (unpaired) electrons. The number of likely N-dealkylation sites (tertiary alicyclic amines) is 2. The third kappa shape index (κ3) is 5.10. The summed E-state index contributed by atoms with van der Waals surface area (Å²) in [5, 5.41) is 35.8. The largest absolute Gasteiger partial charge is 0.507 e. The predicted molar refractivity (Wildman–Crippen MR) is 156 cm³/mol. The van der Waals surface area contributed by atoms with Crippen LogP contribution in [0, 0.1) is 10.5 Å². The minimum Gasteiger partial charge on any atom is -0.507 e. The third-order valence-electron chi connectivity index (χ3n) is 7.71. The number of nitrogens with one attached hydrogen (secondary N) is 1. The fourth-order valence-corrected chi connectivity index (χ4v) is 5.99. The molecule has 0 bridgehead atoms. The highest BCUT2D eigenvalue weighted by atomic mass is 127. The van der Waals surface area contributed by atoms with E-state index in [-0.39, 0.29) is 62.9 Å². The molecule has 3 heterocycles. The number of nitrogens with zero attached hydrogens (tertiary/aromatic N) is 5. The zero-order valence-corrected chi connectivity index (χ0v) is 24.0. The van der Waals surface area contributed by atoms with Crippen LogP contribution in [0.5, 0.6) is 17.2 Å². The van der Waals surface area contributed by atoms with E-state index in [2.05, 4.69) is 39.2 Å². The van der Waals surface area contributed by atoms with E-state index < -0.39 is 0 Å². The number of halogens is 1. The van der Waals surface area contributed by atoms with E-state index in [1.165, 1.54) is 6.07 Å². The quantitative estimate of drug-likeness (QED) is 0.196. The molecule has 2 aromatic carbocycles. The van der Waals surface area contributed by atoms with E-state index in [1.54, 1.807) is 13.1 Å². The monoisotopic (exact) mass is 632 g/mol. The molecule has 38 heavy (non-hydrogen) atoms. The average Bonchev–Trinajstić information content (AvgIpc) is 2.89. The molecular weight excluding hydrogens is 599 g/mol. The summed E-state index contributed by atoms with van der Waals surface area (Å²) in [6.07, 6.45) is 5.11. The van der Waals surface area contributed by atoms with Gasteiger partial charge in [-0.1, -0.05) is 0 Å². The molecule has 0 saturated carbocycles. The summed E-state index contributed by atoms with van der Waals surface area (Å²) in [7, 11) is 4.15. The average molecular weight is 633 g/mol. The van der Waals surface area contributed by atoms with Crippen LogP contribution in [0.2, 0.25) is 0 Å². The van der Waals surface area contributed by atoms with Gasteiger partial charge in [0.1, 0.15) is 39.3 Å². The van der Waals surface area contributed by atoms with E-state index >= 15 is 0 Å². The van der Waals surface area contributed by atoms with Crippen LogP contribution in [0.1, 0.15) is 47.2 Å². The summed E-state index contributed by atoms with van der Waals surface area (Å²) in [5.41, 5.74) is 1.58. The number of hydrogen-bond acceptors (Lipinski definition) is 9. The zero-order valence-electron chi connectivity index (χ0n) is 21.8. The van der Waals surface area contributed by atoms with E-state index in [1.807, 2.05) is 22.6 Å². The van der Waals surface area contributed by atoms with Gasteiger partial charge in [0.25, 0.3) is 5.91 Å². The van der Waals surface area contributed by atoms with Gasteiger partial charge in [-0.05, 0) is 102 Å². The number of hydrogen-bond donors (Lipinski definition) is 4. The molecule has 2 aliphatic heterocycles. The fourth-order valence-electron chi connectivity index (χ4n) is 5.19. The summed E-state index contributed by atoms with van der Waals surface area (Å²) in [5.74, 6) is -0.775. The van der Waals surface area contributed by atoms with Crippen molar-refractivity contribution >= 4 is 56.8 Å². The van der Waals surface area contributed by atoms with Crippen molar-refractivity contribution in [2.45, 2.75) is 44.7 Å². The Kier molecular flexibility index (Phi) is 7.60. The van der Waals surface area contributed by atoms with Gasteiger partial charge in [-0.25, -0.2) is 9.97 Å². The summed E-state index contributed by atoms with van der Waals surface area (Å²) >= 11 is 2.01. The maximum absolute atomic E-state index is 13.4. The number of rotatable bonds is 4. The van der Waals surface area contributed by atoms with Crippen LogP contribution in [0.4, 0.5) is 0 Å². The lowest BCUT2D eigenvalue weighted by Crippen LogP contribution is -2.43. The van der Waals surface area contributed by atoms with Gasteiger partial charge >= 0.3 is 0 Å². The number of carbonyl (C=O) groups excluding carboxylic acids is 1. The Morgan fingerprint density at radius 3 is 2.24 bits per heavy atom. The second-order valence-electron chi connectivity index (χ2n) is 10.5. The van der Waals surface area contributed by atoms with Crippen LogP contribution in [0.15, 0.2) is 11.1 Å². The van der Waals surface area contributed by atoms with Gasteiger partial charge in [0.15, 0.2) is 0 Å². The maximum Gasteiger partial charge on any atom is 0.254 e. The maximum atomic E-state index is 13.4. The third-order valence-corrected chi connectivity index (χ3v) is 8.56. The van der Waals surface area contributed by atoms with Crippen LogP contribution in [-0.2, 0) is 0 Å². The molecule has 10 nitrogen and oxygen atoms in total. The van der Waals surface area contributed by atoms with Crippen molar-refractivity contribution in [1.82, 2.24) is 25.1 Å². The smallest absolute Gasteiger partial charge is 0.254 e. The molecule has 0 atom stereocenters. The van der Waals surface area contributed by atoms with E-state index in [0.29, 0.717) is 14.7 Å². The number of piperidine rings is 2. The lowest BCUT2D eigenvalue weighted by Gasteiger charge is -2.29. The number of benzene rings is 2. The van der Waals surface area contributed by atoms with Crippen LogP contribution in [0.3, 0.4) is 0 Å². The van der Waals surface area contributed by atoms with Crippen LogP contribution in [-0.4, -0.2) is 99.6 Å².